The fraction of sp³-hybridized carbons (Fsp3) is 0.867. The van der Waals surface area contributed by atoms with Crippen LogP contribution in [0.1, 0.15) is 62.3 Å². The van der Waals surface area contributed by atoms with E-state index in [0.29, 0.717) is 0 Å². The Kier molecular flexibility index (Phi) is 5.78. The molecule has 0 rings (SSSR count). The highest BCUT2D eigenvalue weighted by Gasteiger charge is 2.33. The van der Waals surface area contributed by atoms with Crippen molar-refractivity contribution in [2.24, 2.45) is 0 Å². The van der Waals surface area contributed by atoms with E-state index in [-0.39, 0.29) is 28.4 Å². The van der Waals surface area contributed by atoms with Crippen LogP contribution in [0, 0.1) is 0 Å². The highest BCUT2D eigenvalue weighted by atomic mass is 16.2. The van der Waals surface area contributed by atoms with Gasteiger partial charge >= 0.3 is 0 Å². The number of carbonyl (C=O) groups is 2. The first kappa shape index (κ1) is 18.9. The minimum Gasteiger partial charge on any atom is -0.350 e. The molecule has 0 aromatic carbocycles. The molecule has 0 heterocycles. The number of hydrogen-bond acceptors (Lipinski definition) is 3. The van der Waals surface area contributed by atoms with Crippen molar-refractivity contribution in [1.82, 2.24) is 16.0 Å². The van der Waals surface area contributed by atoms with Gasteiger partial charge in [-0.3, -0.25) is 14.9 Å². The normalized spacial score (nSPS) is 13.3. The van der Waals surface area contributed by atoms with Crippen LogP contribution in [0.5, 0.6) is 0 Å². The second-order valence-corrected chi connectivity index (χ2v) is 8.31. The van der Waals surface area contributed by atoms with E-state index < -0.39 is 6.04 Å². The quantitative estimate of drug-likeness (QED) is 0.689. The van der Waals surface area contributed by atoms with Crippen molar-refractivity contribution < 1.29 is 9.59 Å². The summed E-state index contributed by atoms with van der Waals surface area (Å²) >= 11 is 0. The third-order valence-corrected chi connectivity index (χ3v) is 2.10. The van der Waals surface area contributed by atoms with Gasteiger partial charge in [0.2, 0.25) is 11.8 Å². The molecule has 5 heteroatoms. The molecule has 0 aliphatic carbocycles. The Balaban J connectivity index is 5.09. The number of hydrogen-bond donors (Lipinski definition) is 3. The molecule has 0 atom stereocenters. The number of nitrogens with one attached hydrogen (secondary N) is 3. The summed E-state index contributed by atoms with van der Waals surface area (Å²) in [6.07, 6.45) is 0. The Morgan fingerprint density at radius 2 is 0.950 bits per heavy atom. The molecule has 0 aliphatic rings. The highest BCUT2D eigenvalue weighted by molar-refractivity contribution is 6.04. The molecule has 0 saturated heterocycles. The lowest BCUT2D eigenvalue weighted by Crippen LogP contribution is -2.62. The molecule has 0 spiro atoms. The van der Waals surface area contributed by atoms with E-state index in [1.807, 2.05) is 62.3 Å². The molecule has 118 valence electrons. The Labute approximate surface area is 123 Å². The summed E-state index contributed by atoms with van der Waals surface area (Å²) in [5.74, 6) is -0.622. The maximum absolute atomic E-state index is 12.3. The van der Waals surface area contributed by atoms with E-state index in [1.165, 1.54) is 0 Å². The van der Waals surface area contributed by atoms with Gasteiger partial charge in [-0.15, -0.1) is 0 Å². The predicted octanol–water partition coefficient (Wildman–Crippen LogP) is 1.57. The zero-order valence-corrected chi connectivity index (χ0v) is 14.4. The van der Waals surface area contributed by atoms with Crippen LogP contribution in [-0.4, -0.2) is 34.5 Å². The molecule has 0 aromatic heterocycles. The molecule has 0 aliphatic heterocycles. The maximum atomic E-state index is 12.3. The van der Waals surface area contributed by atoms with Gasteiger partial charge in [-0.05, 0) is 62.3 Å². The van der Waals surface area contributed by atoms with Crippen LogP contribution in [-0.2, 0) is 9.59 Å². The van der Waals surface area contributed by atoms with Crippen LogP contribution in [0.2, 0.25) is 0 Å². The number of amides is 2. The van der Waals surface area contributed by atoms with Gasteiger partial charge in [0.15, 0.2) is 6.04 Å². The van der Waals surface area contributed by atoms with Gasteiger partial charge in [0.25, 0.3) is 0 Å². The average Bonchev–Trinajstić information content (AvgIpc) is 2.06. The van der Waals surface area contributed by atoms with E-state index in [4.69, 9.17) is 0 Å². The number of carbonyl (C=O) groups excluding carboxylic acids is 2. The highest BCUT2D eigenvalue weighted by Crippen LogP contribution is 2.07. The monoisotopic (exact) mass is 285 g/mol. The summed E-state index contributed by atoms with van der Waals surface area (Å²) < 4.78 is 0. The molecular weight excluding hydrogens is 254 g/mol. The molecule has 0 aromatic rings. The van der Waals surface area contributed by atoms with Crippen molar-refractivity contribution in [3.05, 3.63) is 0 Å². The number of rotatable bonds is 3. The smallest absolute Gasteiger partial charge is 0.247 e. The van der Waals surface area contributed by atoms with Crippen molar-refractivity contribution >= 4 is 11.8 Å². The lowest BCUT2D eigenvalue weighted by Gasteiger charge is -2.32. The van der Waals surface area contributed by atoms with Gasteiger partial charge < -0.3 is 10.6 Å². The van der Waals surface area contributed by atoms with Crippen LogP contribution < -0.4 is 16.0 Å². The summed E-state index contributed by atoms with van der Waals surface area (Å²) in [6, 6.07) is -0.909. The van der Waals surface area contributed by atoms with E-state index in [2.05, 4.69) is 16.0 Å². The van der Waals surface area contributed by atoms with Gasteiger partial charge in [-0.2, -0.15) is 0 Å². The minimum atomic E-state index is -0.909. The topological polar surface area (TPSA) is 70.2 Å². The molecule has 2 amide bonds. The summed E-state index contributed by atoms with van der Waals surface area (Å²) in [7, 11) is 0. The molecule has 20 heavy (non-hydrogen) atoms. The molecule has 0 radical (unpaired) electrons. The lowest BCUT2D eigenvalue weighted by molar-refractivity contribution is -0.134. The summed E-state index contributed by atoms with van der Waals surface area (Å²) in [6.45, 7) is 17.1. The predicted molar refractivity (Wildman–Crippen MR) is 82.5 cm³/mol. The maximum Gasteiger partial charge on any atom is 0.247 e. The van der Waals surface area contributed by atoms with Crippen LogP contribution in [0.4, 0.5) is 0 Å². The molecular formula is C15H31N3O2. The van der Waals surface area contributed by atoms with Gasteiger partial charge in [0.1, 0.15) is 0 Å². The molecule has 0 saturated carbocycles. The third-order valence-electron chi connectivity index (χ3n) is 2.10. The first-order valence-electron chi connectivity index (χ1n) is 7.02. The Bertz CT molecular complexity index is 329. The zero-order valence-electron chi connectivity index (χ0n) is 14.4. The van der Waals surface area contributed by atoms with Gasteiger partial charge in [0, 0.05) is 16.6 Å². The summed E-state index contributed by atoms with van der Waals surface area (Å²) in [4.78, 5) is 24.7. The second kappa shape index (κ2) is 6.12. The largest absolute Gasteiger partial charge is 0.350 e. The van der Waals surface area contributed by atoms with Gasteiger partial charge in [0.05, 0.1) is 0 Å². The Morgan fingerprint density at radius 1 is 0.650 bits per heavy atom. The van der Waals surface area contributed by atoms with Gasteiger partial charge in [-0.1, -0.05) is 0 Å². The molecule has 0 fully saturated rings. The van der Waals surface area contributed by atoms with Crippen LogP contribution in [0.3, 0.4) is 0 Å². The summed E-state index contributed by atoms with van der Waals surface area (Å²) in [5, 5.41) is 8.77. The standard InChI is InChI=1S/C15H31N3O2/c1-13(2,3)16-10(11(19)17-14(4,5)6)12(20)18-15(7,8)9/h10,16H,1-9H3,(H,17,19)(H,18,20). The molecule has 3 N–H and O–H groups in total. The van der Waals surface area contributed by atoms with Crippen molar-refractivity contribution in [2.45, 2.75) is 85.0 Å². The van der Waals surface area contributed by atoms with Crippen molar-refractivity contribution in [1.29, 1.82) is 0 Å². The fourth-order valence-corrected chi connectivity index (χ4v) is 1.57. The first-order chi connectivity index (χ1) is 8.61. The SMILES string of the molecule is CC(C)(C)NC(=O)C(NC(C)(C)C)C(=O)NC(C)(C)C. The fourth-order valence-electron chi connectivity index (χ4n) is 1.57. The lowest BCUT2D eigenvalue weighted by atomic mass is 10.0. The molecule has 0 bridgehead atoms. The Morgan fingerprint density at radius 3 is 1.15 bits per heavy atom. The average molecular weight is 285 g/mol. The summed E-state index contributed by atoms with van der Waals surface area (Å²) in [5.41, 5.74) is -1.09. The van der Waals surface area contributed by atoms with Crippen molar-refractivity contribution in [3.63, 3.8) is 0 Å². The third kappa shape index (κ3) is 8.91. The Hall–Kier alpha value is -1.10. The van der Waals surface area contributed by atoms with Crippen LogP contribution in [0.15, 0.2) is 0 Å². The zero-order chi connectivity index (χ0) is 16.4. The van der Waals surface area contributed by atoms with E-state index in [0.717, 1.165) is 0 Å². The minimum absolute atomic E-state index is 0.311. The van der Waals surface area contributed by atoms with E-state index in [9.17, 15) is 9.59 Å². The van der Waals surface area contributed by atoms with E-state index in [1.54, 1.807) is 0 Å². The van der Waals surface area contributed by atoms with Crippen molar-refractivity contribution in [2.75, 3.05) is 0 Å². The van der Waals surface area contributed by atoms with Crippen LogP contribution >= 0.6 is 0 Å². The van der Waals surface area contributed by atoms with Crippen LogP contribution in [0.25, 0.3) is 0 Å². The molecule has 0 unspecified atom stereocenters. The van der Waals surface area contributed by atoms with E-state index >= 15 is 0 Å². The van der Waals surface area contributed by atoms with Crippen molar-refractivity contribution in [3.8, 4) is 0 Å². The second-order valence-electron chi connectivity index (χ2n) is 8.31. The molecule has 5 nitrogen and oxygen atoms in total. The first-order valence-corrected chi connectivity index (χ1v) is 7.02. The van der Waals surface area contributed by atoms with Gasteiger partial charge in [-0.25, -0.2) is 0 Å².